The first-order valence-corrected chi connectivity index (χ1v) is 6.32. The summed E-state index contributed by atoms with van der Waals surface area (Å²) in [6, 6.07) is 7.59. The number of hydrogen-bond acceptors (Lipinski definition) is 3. The van der Waals surface area contributed by atoms with E-state index in [0.29, 0.717) is 6.61 Å². The Balaban J connectivity index is 1.88. The summed E-state index contributed by atoms with van der Waals surface area (Å²) in [4.78, 5) is 0. The minimum atomic E-state index is -0.124. The predicted octanol–water partition coefficient (Wildman–Crippen LogP) is 1.98. The fourth-order valence-corrected chi connectivity index (χ4v) is 1.93. The minimum absolute atomic E-state index is 0.124. The van der Waals surface area contributed by atoms with Gasteiger partial charge in [-0.3, -0.25) is 0 Å². The lowest BCUT2D eigenvalue weighted by atomic mass is 10.1. The van der Waals surface area contributed by atoms with Gasteiger partial charge in [0.2, 0.25) is 0 Å². The molecule has 1 aromatic rings. The first kappa shape index (κ1) is 12.9. The third kappa shape index (κ3) is 4.06. The van der Waals surface area contributed by atoms with Gasteiger partial charge in [-0.1, -0.05) is 17.9 Å². The molecular formula is C15H18O3. The van der Waals surface area contributed by atoms with Gasteiger partial charge in [0.05, 0.1) is 6.10 Å². The molecule has 0 spiro atoms. The smallest absolute Gasteiger partial charge is 0.120 e. The highest BCUT2D eigenvalue weighted by Crippen LogP contribution is 2.16. The third-order valence-corrected chi connectivity index (χ3v) is 2.86. The Hall–Kier alpha value is -1.50. The van der Waals surface area contributed by atoms with Gasteiger partial charge in [0.1, 0.15) is 19.0 Å². The van der Waals surface area contributed by atoms with E-state index < -0.39 is 0 Å². The summed E-state index contributed by atoms with van der Waals surface area (Å²) in [6.45, 7) is 1.31. The van der Waals surface area contributed by atoms with Gasteiger partial charge in [-0.05, 0) is 37.5 Å². The Kier molecular flexibility index (Phi) is 5.07. The Morgan fingerprint density at radius 2 is 2.33 bits per heavy atom. The summed E-state index contributed by atoms with van der Waals surface area (Å²) in [7, 11) is 0. The molecule has 0 amide bonds. The van der Waals surface area contributed by atoms with Gasteiger partial charge in [-0.25, -0.2) is 0 Å². The number of hydrogen-bond donors (Lipinski definition) is 1. The van der Waals surface area contributed by atoms with Crippen molar-refractivity contribution in [3.63, 3.8) is 0 Å². The van der Waals surface area contributed by atoms with Gasteiger partial charge in [0.15, 0.2) is 0 Å². The zero-order chi connectivity index (χ0) is 12.6. The van der Waals surface area contributed by atoms with Gasteiger partial charge in [-0.2, -0.15) is 0 Å². The maximum Gasteiger partial charge on any atom is 0.120 e. The van der Waals surface area contributed by atoms with Crippen molar-refractivity contribution < 1.29 is 14.6 Å². The highest BCUT2D eigenvalue weighted by Gasteiger charge is 2.14. The Morgan fingerprint density at radius 3 is 3.11 bits per heavy atom. The van der Waals surface area contributed by atoms with E-state index in [0.717, 1.165) is 30.8 Å². The van der Waals surface area contributed by atoms with E-state index in [4.69, 9.17) is 14.6 Å². The van der Waals surface area contributed by atoms with E-state index in [1.54, 1.807) is 0 Å². The number of benzene rings is 1. The van der Waals surface area contributed by atoms with Crippen molar-refractivity contribution in [1.82, 2.24) is 0 Å². The Bertz CT molecular complexity index is 425. The van der Waals surface area contributed by atoms with E-state index in [9.17, 15) is 0 Å². The highest BCUT2D eigenvalue weighted by atomic mass is 16.5. The zero-order valence-electron chi connectivity index (χ0n) is 10.4. The summed E-state index contributed by atoms with van der Waals surface area (Å²) in [5.41, 5.74) is 0.853. The van der Waals surface area contributed by atoms with Gasteiger partial charge < -0.3 is 14.6 Å². The van der Waals surface area contributed by atoms with Crippen LogP contribution in [-0.4, -0.2) is 31.0 Å². The maximum absolute atomic E-state index is 8.65. The molecule has 1 aliphatic heterocycles. The summed E-state index contributed by atoms with van der Waals surface area (Å²) >= 11 is 0. The molecule has 0 radical (unpaired) electrons. The second-order valence-corrected chi connectivity index (χ2v) is 4.29. The lowest BCUT2D eigenvalue weighted by Crippen LogP contribution is -2.25. The number of rotatable bonds is 3. The molecule has 1 unspecified atom stereocenters. The van der Waals surface area contributed by atoms with Crippen LogP contribution in [0.3, 0.4) is 0 Å². The van der Waals surface area contributed by atoms with Gasteiger partial charge >= 0.3 is 0 Å². The van der Waals surface area contributed by atoms with Crippen LogP contribution in [0.4, 0.5) is 0 Å². The summed E-state index contributed by atoms with van der Waals surface area (Å²) in [5.74, 6) is 6.28. The van der Waals surface area contributed by atoms with E-state index in [-0.39, 0.29) is 12.7 Å². The molecule has 1 heterocycles. The van der Waals surface area contributed by atoms with Gasteiger partial charge in [-0.15, -0.1) is 0 Å². The lowest BCUT2D eigenvalue weighted by Gasteiger charge is -2.22. The molecule has 0 aromatic heterocycles. The molecule has 1 aliphatic rings. The first-order valence-electron chi connectivity index (χ1n) is 6.32. The van der Waals surface area contributed by atoms with Gasteiger partial charge in [0.25, 0.3) is 0 Å². The second-order valence-electron chi connectivity index (χ2n) is 4.29. The molecule has 1 saturated heterocycles. The average molecular weight is 246 g/mol. The van der Waals surface area contributed by atoms with Crippen LogP contribution in [0.5, 0.6) is 5.75 Å². The topological polar surface area (TPSA) is 38.7 Å². The Morgan fingerprint density at radius 1 is 1.39 bits per heavy atom. The zero-order valence-corrected chi connectivity index (χ0v) is 10.4. The normalized spacial score (nSPS) is 18.8. The minimum Gasteiger partial charge on any atom is -0.491 e. The molecule has 3 nitrogen and oxygen atoms in total. The number of aliphatic hydroxyl groups excluding tert-OH is 1. The fourth-order valence-electron chi connectivity index (χ4n) is 1.93. The largest absolute Gasteiger partial charge is 0.491 e. The van der Waals surface area contributed by atoms with Crippen LogP contribution < -0.4 is 4.74 Å². The van der Waals surface area contributed by atoms with E-state index in [2.05, 4.69) is 11.8 Å². The van der Waals surface area contributed by atoms with Crippen LogP contribution in [0.1, 0.15) is 24.8 Å². The van der Waals surface area contributed by atoms with Crippen molar-refractivity contribution in [2.45, 2.75) is 25.4 Å². The van der Waals surface area contributed by atoms with Crippen molar-refractivity contribution >= 4 is 0 Å². The quantitative estimate of drug-likeness (QED) is 0.829. The average Bonchev–Trinajstić information content (AvgIpc) is 2.44. The van der Waals surface area contributed by atoms with Crippen molar-refractivity contribution in [3.05, 3.63) is 29.8 Å². The van der Waals surface area contributed by atoms with Crippen molar-refractivity contribution in [2.24, 2.45) is 0 Å². The van der Waals surface area contributed by atoms with E-state index >= 15 is 0 Å². The predicted molar refractivity (Wildman–Crippen MR) is 69.5 cm³/mol. The highest BCUT2D eigenvalue weighted by molar-refractivity contribution is 5.39. The molecule has 0 saturated carbocycles. The molecular weight excluding hydrogens is 228 g/mol. The van der Waals surface area contributed by atoms with Crippen LogP contribution in [0.2, 0.25) is 0 Å². The molecule has 96 valence electrons. The van der Waals surface area contributed by atoms with Crippen LogP contribution in [0, 0.1) is 11.8 Å². The molecule has 0 bridgehead atoms. The van der Waals surface area contributed by atoms with Crippen LogP contribution in [0.15, 0.2) is 24.3 Å². The summed E-state index contributed by atoms with van der Waals surface area (Å²) in [6.07, 6.45) is 3.66. The molecule has 1 fully saturated rings. The molecule has 3 heteroatoms. The summed E-state index contributed by atoms with van der Waals surface area (Å²) < 4.78 is 11.3. The van der Waals surface area contributed by atoms with Crippen molar-refractivity contribution in [1.29, 1.82) is 0 Å². The molecule has 2 rings (SSSR count). The molecule has 0 aliphatic carbocycles. The van der Waals surface area contributed by atoms with Crippen LogP contribution in [-0.2, 0) is 4.74 Å². The van der Waals surface area contributed by atoms with Crippen LogP contribution in [0.25, 0.3) is 0 Å². The van der Waals surface area contributed by atoms with Crippen LogP contribution >= 0.6 is 0 Å². The standard InChI is InChI=1S/C15H18O3/c16-9-4-6-13-5-3-8-14(11-13)18-12-15-7-1-2-10-17-15/h3,5,8,11,15-16H,1-2,7,9-10,12H2. The Labute approximate surface area is 108 Å². The van der Waals surface area contributed by atoms with Gasteiger partial charge in [0, 0.05) is 12.2 Å². The van der Waals surface area contributed by atoms with E-state index in [1.165, 1.54) is 6.42 Å². The SMILES string of the molecule is OCC#Cc1cccc(OCC2CCCCO2)c1. The molecule has 1 atom stereocenters. The summed E-state index contributed by atoms with van der Waals surface area (Å²) in [5, 5.41) is 8.65. The maximum atomic E-state index is 8.65. The number of aliphatic hydroxyl groups is 1. The first-order chi connectivity index (χ1) is 8.88. The molecule has 1 N–H and O–H groups in total. The van der Waals surface area contributed by atoms with Crippen molar-refractivity contribution in [2.75, 3.05) is 19.8 Å². The fraction of sp³-hybridized carbons (Fsp3) is 0.467. The lowest BCUT2D eigenvalue weighted by molar-refractivity contribution is -0.0110. The molecule has 18 heavy (non-hydrogen) atoms. The monoisotopic (exact) mass is 246 g/mol. The van der Waals surface area contributed by atoms with Crippen molar-refractivity contribution in [3.8, 4) is 17.6 Å². The van der Waals surface area contributed by atoms with E-state index in [1.807, 2.05) is 24.3 Å². The molecule has 1 aromatic carbocycles. The number of ether oxygens (including phenoxy) is 2. The second kappa shape index (κ2) is 7.05. The third-order valence-electron chi connectivity index (χ3n) is 2.86.